The third kappa shape index (κ3) is 5.93. The van der Waals surface area contributed by atoms with Crippen LogP contribution in [0.2, 0.25) is 0 Å². The lowest BCUT2D eigenvalue weighted by Crippen LogP contribution is -2.26. The first-order valence-electron chi connectivity index (χ1n) is 13.5. The normalized spacial score (nSPS) is 17.5. The maximum Gasteiger partial charge on any atom is 0.337 e. The smallest absolute Gasteiger partial charge is 0.337 e. The van der Waals surface area contributed by atoms with Crippen LogP contribution < -0.4 is 4.74 Å². The Balaban J connectivity index is 1.51. The van der Waals surface area contributed by atoms with Crippen molar-refractivity contribution in [2.75, 3.05) is 33.4 Å². The van der Waals surface area contributed by atoms with Gasteiger partial charge in [-0.25, -0.2) is 4.79 Å². The van der Waals surface area contributed by atoms with Crippen molar-refractivity contribution in [2.45, 2.75) is 38.2 Å². The summed E-state index contributed by atoms with van der Waals surface area (Å²) in [5.41, 5.74) is 6.14. The minimum Gasteiger partial charge on any atom is -0.508 e. The van der Waals surface area contributed by atoms with Crippen molar-refractivity contribution in [1.82, 2.24) is 4.90 Å². The molecule has 0 saturated carbocycles. The Kier molecular flexibility index (Phi) is 8.17. The highest BCUT2D eigenvalue weighted by atomic mass is 19.1. The summed E-state index contributed by atoms with van der Waals surface area (Å²) in [7, 11) is 1.38. The van der Waals surface area contributed by atoms with E-state index >= 15 is 0 Å². The molecule has 7 heteroatoms. The van der Waals surface area contributed by atoms with Gasteiger partial charge in [0.15, 0.2) is 0 Å². The Morgan fingerprint density at radius 2 is 1.82 bits per heavy atom. The van der Waals surface area contributed by atoms with Crippen molar-refractivity contribution in [3.63, 3.8) is 0 Å². The number of hydrogen-bond donors (Lipinski definition) is 2. The molecule has 5 rings (SSSR count). The molecular weight excluding hydrogens is 497 g/mol. The number of aryl methyl sites for hydroxylation is 1. The van der Waals surface area contributed by atoms with Gasteiger partial charge < -0.3 is 19.7 Å². The van der Waals surface area contributed by atoms with Crippen LogP contribution in [0, 0.1) is 0 Å². The fourth-order valence-corrected chi connectivity index (χ4v) is 5.68. The fourth-order valence-electron chi connectivity index (χ4n) is 5.68. The number of allylic oxidation sites excluding steroid dienone is 1. The minimum absolute atomic E-state index is 0.00631. The molecule has 2 N–H and O–H groups in total. The van der Waals surface area contributed by atoms with Crippen LogP contribution in [0.15, 0.2) is 60.7 Å². The number of aromatic hydroxyl groups is 2. The van der Waals surface area contributed by atoms with Crippen LogP contribution in [0.3, 0.4) is 0 Å². The number of benzene rings is 3. The number of ether oxygens (including phenoxy) is 2. The molecule has 1 atom stereocenters. The first kappa shape index (κ1) is 26.8. The molecule has 204 valence electrons. The van der Waals surface area contributed by atoms with E-state index in [1.54, 1.807) is 18.2 Å². The van der Waals surface area contributed by atoms with Gasteiger partial charge in [0.2, 0.25) is 0 Å². The number of hydrogen-bond acceptors (Lipinski definition) is 6. The van der Waals surface area contributed by atoms with Gasteiger partial charge in [-0.15, -0.1) is 0 Å². The number of carbonyl (C=O) groups excluding carboxylic acids is 1. The molecule has 0 aromatic heterocycles. The quantitative estimate of drug-likeness (QED) is 0.348. The maximum atomic E-state index is 12.5. The second-order valence-corrected chi connectivity index (χ2v) is 10.2. The van der Waals surface area contributed by atoms with Crippen LogP contribution in [0.25, 0.3) is 11.1 Å². The average Bonchev–Trinajstić information content (AvgIpc) is 3.30. The number of alkyl halides is 1. The van der Waals surface area contributed by atoms with E-state index in [0.717, 1.165) is 72.5 Å². The first-order valence-corrected chi connectivity index (χ1v) is 13.5. The van der Waals surface area contributed by atoms with Gasteiger partial charge in [-0.05, 0) is 96.3 Å². The SMILES string of the molecule is COC(=O)c1ccc2c(c1)CCCC(c1ccc(O)cc1O)=C2c1ccc(O[C@H]2CCN(CCCF)C2)cc1. The monoisotopic (exact) mass is 531 g/mol. The molecule has 1 heterocycles. The predicted octanol–water partition coefficient (Wildman–Crippen LogP) is 5.99. The molecule has 1 aliphatic carbocycles. The number of halogens is 1. The number of nitrogens with zero attached hydrogens (tertiary/aromatic N) is 1. The summed E-state index contributed by atoms with van der Waals surface area (Å²) < 4.78 is 23.7. The van der Waals surface area contributed by atoms with Crippen LogP contribution in [-0.4, -0.2) is 60.6 Å². The first-order chi connectivity index (χ1) is 19.0. The van der Waals surface area contributed by atoms with E-state index < -0.39 is 0 Å². The van der Waals surface area contributed by atoms with Gasteiger partial charge in [0.1, 0.15) is 23.4 Å². The molecular formula is C32H34FNO5. The Bertz CT molecular complexity index is 1370. The van der Waals surface area contributed by atoms with Gasteiger partial charge in [0.25, 0.3) is 0 Å². The lowest BCUT2D eigenvalue weighted by atomic mass is 9.87. The molecule has 0 unspecified atom stereocenters. The van der Waals surface area contributed by atoms with Crippen molar-refractivity contribution in [2.24, 2.45) is 0 Å². The number of carbonyl (C=O) groups is 1. The number of likely N-dealkylation sites (tertiary alicyclic amines) is 1. The standard InChI is InChI=1S/C32H34FNO5/c1-38-32(37)23-8-12-27-22(18-23)4-2-5-29(28-13-9-24(35)19-30(28)36)31(27)21-6-10-25(11-7-21)39-26-14-17-34(20-26)16-3-15-33/h6-13,18-19,26,35-36H,2-5,14-17,20H2,1H3/t26-/m0/s1. The average molecular weight is 532 g/mol. The van der Waals surface area contributed by atoms with E-state index in [1.807, 2.05) is 36.4 Å². The molecule has 0 bridgehead atoms. The third-order valence-corrected chi connectivity index (χ3v) is 7.56. The van der Waals surface area contributed by atoms with Crippen molar-refractivity contribution in [3.8, 4) is 17.2 Å². The number of esters is 1. The van der Waals surface area contributed by atoms with Gasteiger partial charge in [-0.2, -0.15) is 0 Å². The Hall–Kier alpha value is -3.84. The Morgan fingerprint density at radius 1 is 1.03 bits per heavy atom. The fraction of sp³-hybridized carbons (Fsp3) is 0.344. The van der Waals surface area contributed by atoms with Gasteiger partial charge in [-0.1, -0.05) is 18.2 Å². The molecule has 1 fully saturated rings. The summed E-state index contributed by atoms with van der Waals surface area (Å²) in [6.45, 7) is 2.18. The molecule has 0 amide bonds. The molecule has 0 spiro atoms. The Morgan fingerprint density at radius 3 is 2.56 bits per heavy atom. The Labute approximate surface area is 228 Å². The number of phenols is 2. The molecule has 1 aliphatic heterocycles. The third-order valence-electron chi connectivity index (χ3n) is 7.56. The lowest BCUT2D eigenvalue weighted by Gasteiger charge is -2.19. The van der Waals surface area contributed by atoms with Gasteiger partial charge in [0, 0.05) is 31.3 Å². The van der Waals surface area contributed by atoms with Crippen molar-refractivity contribution < 1.29 is 28.9 Å². The highest BCUT2D eigenvalue weighted by molar-refractivity contribution is 6.01. The summed E-state index contributed by atoms with van der Waals surface area (Å²) in [5.74, 6) is 0.434. The van der Waals surface area contributed by atoms with Crippen LogP contribution in [0.5, 0.6) is 17.2 Å². The zero-order valence-electron chi connectivity index (χ0n) is 22.2. The van der Waals surface area contributed by atoms with E-state index in [-0.39, 0.29) is 30.2 Å². The molecule has 2 aliphatic rings. The van der Waals surface area contributed by atoms with E-state index in [4.69, 9.17) is 9.47 Å². The number of phenolic OH excluding ortho intramolecular Hbond substituents is 2. The second kappa shape index (κ2) is 11.9. The summed E-state index contributed by atoms with van der Waals surface area (Å²) in [4.78, 5) is 14.5. The van der Waals surface area contributed by atoms with Crippen molar-refractivity contribution in [3.05, 3.63) is 88.5 Å². The summed E-state index contributed by atoms with van der Waals surface area (Å²) in [5, 5.41) is 20.7. The maximum absolute atomic E-state index is 12.5. The van der Waals surface area contributed by atoms with E-state index in [1.165, 1.54) is 13.2 Å². The predicted molar refractivity (Wildman–Crippen MR) is 149 cm³/mol. The zero-order valence-corrected chi connectivity index (χ0v) is 22.2. The number of methoxy groups -OCH3 is 1. The summed E-state index contributed by atoms with van der Waals surface area (Å²) in [6.07, 6.45) is 3.86. The highest BCUT2D eigenvalue weighted by Crippen LogP contribution is 2.43. The second-order valence-electron chi connectivity index (χ2n) is 10.2. The van der Waals surface area contributed by atoms with Crippen molar-refractivity contribution >= 4 is 17.1 Å². The summed E-state index contributed by atoms with van der Waals surface area (Å²) >= 11 is 0. The van der Waals surface area contributed by atoms with Gasteiger partial charge in [-0.3, -0.25) is 9.29 Å². The van der Waals surface area contributed by atoms with Crippen LogP contribution >= 0.6 is 0 Å². The number of rotatable bonds is 8. The van der Waals surface area contributed by atoms with Gasteiger partial charge in [0.05, 0.1) is 19.3 Å². The largest absolute Gasteiger partial charge is 0.508 e. The van der Waals surface area contributed by atoms with E-state index in [9.17, 15) is 19.4 Å². The molecule has 0 radical (unpaired) electrons. The topological polar surface area (TPSA) is 79.2 Å². The van der Waals surface area contributed by atoms with E-state index in [0.29, 0.717) is 24.0 Å². The van der Waals surface area contributed by atoms with Crippen molar-refractivity contribution in [1.29, 1.82) is 0 Å². The summed E-state index contributed by atoms with van der Waals surface area (Å²) in [6, 6.07) is 18.3. The molecule has 6 nitrogen and oxygen atoms in total. The zero-order chi connectivity index (χ0) is 27.4. The van der Waals surface area contributed by atoms with Crippen LogP contribution in [0.4, 0.5) is 4.39 Å². The number of fused-ring (bicyclic) bond motifs is 1. The molecule has 3 aromatic rings. The van der Waals surface area contributed by atoms with Crippen LogP contribution in [-0.2, 0) is 11.2 Å². The highest BCUT2D eigenvalue weighted by Gasteiger charge is 2.25. The van der Waals surface area contributed by atoms with Crippen LogP contribution in [0.1, 0.15) is 58.3 Å². The lowest BCUT2D eigenvalue weighted by molar-refractivity contribution is 0.0600. The van der Waals surface area contributed by atoms with Gasteiger partial charge >= 0.3 is 5.97 Å². The van der Waals surface area contributed by atoms with E-state index in [2.05, 4.69) is 4.90 Å². The molecule has 3 aromatic carbocycles. The molecule has 1 saturated heterocycles. The minimum atomic E-state index is -0.374. The molecule has 39 heavy (non-hydrogen) atoms.